The standard InChI is InChI=1S/C9H20N2O2S/c1-8(6-10)2-4-11-9-3-5-14(12,13)7-9/h8-9,11H,2-7,10H2,1H3. The van der Waals surface area contributed by atoms with Gasteiger partial charge < -0.3 is 11.1 Å². The molecule has 2 unspecified atom stereocenters. The van der Waals surface area contributed by atoms with Crippen LogP contribution >= 0.6 is 0 Å². The zero-order chi connectivity index (χ0) is 10.6. The molecule has 1 heterocycles. The van der Waals surface area contributed by atoms with Gasteiger partial charge in [-0.2, -0.15) is 0 Å². The lowest BCUT2D eigenvalue weighted by atomic mass is 10.1. The third-order valence-corrected chi connectivity index (χ3v) is 4.47. The molecule has 0 spiro atoms. The summed E-state index contributed by atoms with van der Waals surface area (Å²) in [5.41, 5.74) is 5.49. The normalized spacial score (nSPS) is 27.7. The van der Waals surface area contributed by atoms with Crippen LogP contribution in [0.1, 0.15) is 19.8 Å². The van der Waals surface area contributed by atoms with Crippen molar-refractivity contribution in [3.63, 3.8) is 0 Å². The molecule has 0 aromatic rings. The number of rotatable bonds is 5. The average molecular weight is 220 g/mol. The summed E-state index contributed by atoms with van der Waals surface area (Å²) < 4.78 is 22.3. The molecule has 3 N–H and O–H groups in total. The predicted octanol–water partition coefficient (Wildman–Crippen LogP) is -0.252. The van der Waals surface area contributed by atoms with Crippen molar-refractivity contribution in [3.05, 3.63) is 0 Å². The summed E-state index contributed by atoms with van der Waals surface area (Å²) in [7, 11) is -2.74. The Kier molecular flexibility index (Phi) is 4.34. The topological polar surface area (TPSA) is 72.2 Å². The van der Waals surface area contributed by atoms with Crippen LogP contribution in [0.5, 0.6) is 0 Å². The molecule has 1 rings (SSSR count). The minimum absolute atomic E-state index is 0.171. The summed E-state index contributed by atoms with van der Waals surface area (Å²) in [6.45, 7) is 3.68. The SMILES string of the molecule is CC(CN)CCNC1CCS(=O)(=O)C1. The minimum Gasteiger partial charge on any atom is -0.330 e. The molecule has 1 saturated heterocycles. The van der Waals surface area contributed by atoms with Gasteiger partial charge in [-0.25, -0.2) is 8.42 Å². The molecule has 0 bridgehead atoms. The van der Waals surface area contributed by atoms with E-state index in [0.29, 0.717) is 24.0 Å². The molecule has 0 aromatic carbocycles. The van der Waals surface area contributed by atoms with Crippen molar-refractivity contribution in [1.82, 2.24) is 5.32 Å². The Hall–Kier alpha value is -0.130. The molecule has 1 aliphatic heterocycles. The minimum atomic E-state index is -2.74. The highest BCUT2D eigenvalue weighted by Gasteiger charge is 2.26. The maximum absolute atomic E-state index is 11.1. The quantitative estimate of drug-likeness (QED) is 0.670. The molecule has 0 amide bonds. The van der Waals surface area contributed by atoms with E-state index in [0.717, 1.165) is 19.4 Å². The summed E-state index contributed by atoms with van der Waals surface area (Å²) in [4.78, 5) is 0. The van der Waals surface area contributed by atoms with E-state index in [9.17, 15) is 8.42 Å². The summed E-state index contributed by atoms with van der Waals surface area (Å²) in [5, 5.41) is 3.27. The van der Waals surface area contributed by atoms with Crippen LogP contribution in [0.15, 0.2) is 0 Å². The van der Waals surface area contributed by atoms with Gasteiger partial charge in [0.15, 0.2) is 9.84 Å². The van der Waals surface area contributed by atoms with Crippen LogP contribution in [-0.2, 0) is 9.84 Å². The fraction of sp³-hybridized carbons (Fsp3) is 1.00. The first kappa shape index (κ1) is 11.9. The van der Waals surface area contributed by atoms with E-state index in [2.05, 4.69) is 12.2 Å². The van der Waals surface area contributed by atoms with Crippen LogP contribution in [0.25, 0.3) is 0 Å². The zero-order valence-electron chi connectivity index (χ0n) is 8.70. The van der Waals surface area contributed by atoms with Crippen LogP contribution in [0, 0.1) is 5.92 Å². The second-order valence-electron chi connectivity index (χ2n) is 4.18. The number of nitrogens with two attached hydrogens (primary N) is 1. The van der Waals surface area contributed by atoms with E-state index >= 15 is 0 Å². The molecule has 1 aliphatic rings. The van der Waals surface area contributed by atoms with E-state index in [1.54, 1.807) is 0 Å². The largest absolute Gasteiger partial charge is 0.330 e. The molecule has 0 radical (unpaired) electrons. The van der Waals surface area contributed by atoms with Gasteiger partial charge in [0.2, 0.25) is 0 Å². The van der Waals surface area contributed by atoms with Crippen LogP contribution in [0.4, 0.5) is 0 Å². The first-order chi connectivity index (χ1) is 6.53. The van der Waals surface area contributed by atoms with Crippen LogP contribution < -0.4 is 11.1 Å². The number of hydrogen-bond acceptors (Lipinski definition) is 4. The molecule has 0 aliphatic carbocycles. The molecule has 1 fully saturated rings. The monoisotopic (exact) mass is 220 g/mol. The maximum atomic E-state index is 11.1. The van der Waals surface area contributed by atoms with E-state index in [1.165, 1.54) is 0 Å². The van der Waals surface area contributed by atoms with E-state index < -0.39 is 9.84 Å². The first-order valence-corrected chi connectivity index (χ1v) is 6.99. The fourth-order valence-electron chi connectivity index (χ4n) is 1.61. The Balaban J connectivity index is 2.15. The van der Waals surface area contributed by atoms with Gasteiger partial charge in [-0.1, -0.05) is 6.92 Å². The third kappa shape index (κ3) is 3.94. The van der Waals surface area contributed by atoms with Crippen molar-refractivity contribution in [1.29, 1.82) is 0 Å². The molecule has 5 heteroatoms. The number of hydrogen-bond donors (Lipinski definition) is 2. The van der Waals surface area contributed by atoms with Crippen LogP contribution in [-0.4, -0.2) is 39.1 Å². The highest BCUT2D eigenvalue weighted by molar-refractivity contribution is 7.91. The summed E-state index contributed by atoms with van der Waals surface area (Å²) in [6.07, 6.45) is 1.78. The number of sulfone groups is 1. The Bertz CT molecular complexity index is 264. The fourth-order valence-corrected chi connectivity index (χ4v) is 3.32. The number of nitrogens with one attached hydrogen (secondary N) is 1. The van der Waals surface area contributed by atoms with Crippen molar-refractivity contribution in [3.8, 4) is 0 Å². The maximum Gasteiger partial charge on any atom is 0.151 e. The van der Waals surface area contributed by atoms with Crippen molar-refractivity contribution >= 4 is 9.84 Å². The van der Waals surface area contributed by atoms with E-state index in [1.807, 2.05) is 0 Å². The van der Waals surface area contributed by atoms with E-state index in [4.69, 9.17) is 5.73 Å². The lowest BCUT2D eigenvalue weighted by Crippen LogP contribution is -2.32. The summed E-state index contributed by atoms with van der Waals surface area (Å²) in [6, 6.07) is 0.171. The van der Waals surface area contributed by atoms with Gasteiger partial charge in [0, 0.05) is 6.04 Å². The Morgan fingerprint density at radius 3 is 2.79 bits per heavy atom. The molecule has 84 valence electrons. The molecule has 14 heavy (non-hydrogen) atoms. The molecular formula is C9H20N2O2S. The van der Waals surface area contributed by atoms with Gasteiger partial charge in [-0.3, -0.25) is 0 Å². The smallest absolute Gasteiger partial charge is 0.151 e. The van der Waals surface area contributed by atoms with Crippen LogP contribution in [0.2, 0.25) is 0 Å². The molecule has 4 nitrogen and oxygen atoms in total. The Morgan fingerprint density at radius 1 is 1.57 bits per heavy atom. The van der Waals surface area contributed by atoms with Crippen molar-refractivity contribution in [2.75, 3.05) is 24.6 Å². The molecular weight excluding hydrogens is 200 g/mol. The lowest BCUT2D eigenvalue weighted by Gasteiger charge is -2.12. The second kappa shape index (κ2) is 5.09. The van der Waals surface area contributed by atoms with E-state index in [-0.39, 0.29) is 6.04 Å². The summed E-state index contributed by atoms with van der Waals surface area (Å²) in [5.74, 6) is 1.17. The lowest BCUT2D eigenvalue weighted by molar-refractivity contribution is 0.474. The van der Waals surface area contributed by atoms with Gasteiger partial charge in [-0.05, 0) is 31.8 Å². The highest BCUT2D eigenvalue weighted by atomic mass is 32.2. The highest BCUT2D eigenvalue weighted by Crippen LogP contribution is 2.11. The predicted molar refractivity (Wildman–Crippen MR) is 57.9 cm³/mol. The van der Waals surface area contributed by atoms with Gasteiger partial charge in [0.1, 0.15) is 0 Å². The zero-order valence-corrected chi connectivity index (χ0v) is 9.52. The van der Waals surface area contributed by atoms with Gasteiger partial charge in [0.25, 0.3) is 0 Å². The van der Waals surface area contributed by atoms with Crippen LogP contribution in [0.3, 0.4) is 0 Å². The molecule has 2 atom stereocenters. The van der Waals surface area contributed by atoms with Crippen molar-refractivity contribution < 1.29 is 8.42 Å². The molecule has 0 saturated carbocycles. The van der Waals surface area contributed by atoms with Gasteiger partial charge in [0.05, 0.1) is 11.5 Å². The van der Waals surface area contributed by atoms with Crippen molar-refractivity contribution in [2.24, 2.45) is 11.7 Å². The van der Waals surface area contributed by atoms with Crippen molar-refractivity contribution in [2.45, 2.75) is 25.8 Å². The third-order valence-electron chi connectivity index (χ3n) is 2.70. The van der Waals surface area contributed by atoms with Gasteiger partial charge in [-0.15, -0.1) is 0 Å². The first-order valence-electron chi connectivity index (χ1n) is 5.17. The second-order valence-corrected chi connectivity index (χ2v) is 6.41. The molecule has 0 aromatic heterocycles. The Labute approximate surface area is 86.2 Å². The summed E-state index contributed by atoms with van der Waals surface area (Å²) >= 11 is 0. The Morgan fingerprint density at radius 2 is 2.29 bits per heavy atom. The van der Waals surface area contributed by atoms with Gasteiger partial charge >= 0.3 is 0 Å². The average Bonchev–Trinajstić information content (AvgIpc) is 2.45.